The number of nitrogens with one attached hydrogen (secondary N) is 2. The molecule has 0 aromatic heterocycles. The van der Waals surface area contributed by atoms with Gasteiger partial charge < -0.3 is 15.4 Å². The zero-order chi connectivity index (χ0) is 16.5. The highest BCUT2D eigenvalue weighted by Crippen LogP contribution is 2.17. The van der Waals surface area contributed by atoms with Gasteiger partial charge in [0.05, 0.1) is 7.11 Å². The van der Waals surface area contributed by atoms with Crippen LogP contribution in [0.15, 0.2) is 48.5 Å². The molecule has 2 aromatic rings. The van der Waals surface area contributed by atoms with Crippen molar-refractivity contribution < 1.29 is 9.53 Å². The van der Waals surface area contributed by atoms with Crippen molar-refractivity contribution in [1.82, 2.24) is 5.32 Å². The molecular formula is C19H24N2O2. The number of methoxy groups -OCH3 is 1. The standard InChI is InChI=1S/C19H24N2O2/c1-3-6-15-9-11-17(12-10-15)21-19(22)20-14-13-16-7-4-5-8-18(16)23-2/h4-5,7-12H,3,6,13-14H2,1-2H3,(H2,20,21,22). The largest absolute Gasteiger partial charge is 0.496 e. The number of amides is 2. The normalized spacial score (nSPS) is 10.2. The highest BCUT2D eigenvalue weighted by molar-refractivity contribution is 5.89. The van der Waals surface area contributed by atoms with E-state index in [1.165, 1.54) is 5.56 Å². The fraction of sp³-hybridized carbons (Fsp3) is 0.316. The van der Waals surface area contributed by atoms with E-state index in [-0.39, 0.29) is 6.03 Å². The molecule has 2 N–H and O–H groups in total. The van der Waals surface area contributed by atoms with Gasteiger partial charge in [0.2, 0.25) is 0 Å². The van der Waals surface area contributed by atoms with Crippen LogP contribution in [0.1, 0.15) is 24.5 Å². The first-order valence-corrected chi connectivity index (χ1v) is 7.98. The zero-order valence-corrected chi connectivity index (χ0v) is 13.8. The zero-order valence-electron chi connectivity index (χ0n) is 13.8. The average molecular weight is 312 g/mol. The van der Waals surface area contributed by atoms with E-state index in [0.29, 0.717) is 6.54 Å². The summed E-state index contributed by atoms with van der Waals surface area (Å²) in [7, 11) is 1.65. The van der Waals surface area contributed by atoms with Crippen molar-refractivity contribution in [2.45, 2.75) is 26.2 Å². The van der Waals surface area contributed by atoms with Crippen molar-refractivity contribution in [3.05, 3.63) is 59.7 Å². The van der Waals surface area contributed by atoms with Gasteiger partial charge in [-0.25, -0.2) is 4.79 Å². The second kappa shape index (κ2) is 8.83. The first-order valence-electron chi connectivity index (χ1n) is 7.98. The average Bonchev–Trinajstić information content (AvgIpc) is 2.57. The number of carbonyl (C=O) groups is 1. The van der Waals surface area contributed by atoms with Crippen LogP contribution in [-0.2, 0) is 12.8 Å². The third-order valence-corrected chi connectivity index (χ3v) is 3.62. The van der Waals surface area contributed by atoms with Crippen molar-refractivity contribution in [3.8, 4) is 5.75 Å². The fourth-order valence-electron chi connectivity index (χ4n) is 2.44. The molecule has 0 aliphatic heterocycles. The summed E-state index contributed by atoms with van der Waals surface area (Å²) in [6.07, 6.45) is 2.91. The number of carbonyl (C=O) groups excluding carboxylic acids is 1. The van der Waals surface area contributed by atoms with Gasteiger partial charge in [0.1, 0.15) is 5.75 Å². The number of anilines is 1. The Hall–Kier alpha value is -2.49. The molecule has 0 aliphatic rings. The molecule has 0 saturated heterocycles. The van der Waals surface area contributed by atoms with Crippen LogP contribution in [0.25, 0.3) is 0 Å². The number of benzene rings is 2. The Kier molecular flexibility index (Phi) is 6.48. The maximum atomic E-state index is 11.9. The Morgan fingerprint density at radius 2 is 1.78 bits per heavy atom. The summed E-state index contributed by atoms with van der Waals surface area (Å²) in [6.45, 7) is 2.71. The van der Waals surface area contributed by atoms with E-state index >= 15 is 0 Å². The van der Waals surface area contributed by atoms with Gasteiger partial charge in [-0.05, 0) is 42.2 Å². The molecule has 0 heterocycles. The Labute approximate surface area is 137 Å². The summed E-state index contributed by atoms with van der Waals surface area (Å²) in [5.74, 6) is 0.848. The smallest absolute Gasteiger partial charge is 0.319 e. The lowest BCUT2D eigenvalue weighted by Crippen LogP contribution is -2.30. The van der Waals surface area contributed by atoms with Crippen LogP contribution in [0.4, 0.5) is 10.5 Å². The fourth-order valence-corrected chi connectivity index (χ4v) is 2.44. The predicted octanol–water partition coefficient (Wildman–Crippen LogP) is 4.01. The summed E-state index contributed by atoms with van der Waals surface area (Å²) < 4.78 is 5.30. The number of aryl methyl sites for hydroxylation is 1. The third kappa shape index (κ3) is 5.33. The number of rotatable bonds is 7. The van der Waals surface area contributed by atoms with Gasteiger partial charge >= 0.3 is 6.03 Å². The van der Waals surface area contributed by atoms with Crippen LogP contribution in [-0.4, -0.2) is 19.7 Å². The molecule has 4 nitrogen and oxygen atoms in total. The third-order valence-electron chi connectivity index (χ3n) is 3.62. The topological polar surface area (TPSA) is 50.4 Å². The number of para-hydroxylation sites is 1. The Bertz CT molecular complexity index is 624. The molecule has 0 atom stereocenters. The van der Waals surface area contributed by atoms with E-state index in [1.54, 1.807) is 7.11 Å². The molecule has 0 unspecified atom stereocenters. The lowest BCUT2D eigenvalue weighted by Gasteiger charge is -2.10. The number of urea groups is 1. The Morgan fingerprint density at radius 3 is 2.48 bits per heavy atom. The lowest BCUT2D eigenvalue weighted by molar-refractivity contribution is 0.252. The molecule has 122 valence electrons. The second-order valence-electron chi connectivity index (χ2n) is 5.39. The minimum Gasteiger partial charge on any atom is -0.496 e. The summed E-state index contributed by atoms with van der Waals surface area (Å²) in [6, 6.07) is 15.6. The first-order chi connectivity index (χ1) is 11.2. The molecule has 0 spiro atoms. The minimum absolute atomic E-state index is 0.192. The van der Waals surface area contributed by atoms with Gasteiger partial charge in [0.15, 0.2) is 0 Å². The number of hydrogen-bond donors (Lipinski definition) is 2. The SMILES string of the molecule is CCCc1ccc(NC(=O)NCCc2ccccc2OC)cc1. The van der Waals surface area contributed by atoms with Gasteiger partial charge in [0, 0.05) is 12.2 Å². The van der Waals surface area contributed by atoms with Gasteiger partial charge in [-0.3, -0.25) is 0 Å². The van der Waals surface area contributed by atoms with Gasteiger partial charge in [-0.15, -0.1) is 0 Å². The second-order valence-corrected chi connectivity index (χ2v) is 5.39. The molecule has 2 amide bonds. The van der Waals surface area contributed by atoms with Crippen molar-refractivity contribution in [1.29, 1.82) is 0 Å². The maximum Gasteiger partial charge on any atom is 0.319 e. The van der Waals surface area contributed by atoms with E-state index in [2.05, 4.69) is 17.6 Å². The predicted molar refractivity (Wildman–Crippen MR) is 94.2 cm³/mol. The van der Waals surface area contributed by atoms with E-state index in [4.69, 9.17) is 4.74 Å². The summed E-state index contributed by atoms with van der Waals surface area (Å²) in [5.41, 5.74) is 3.17. The number of ether oxygens (including phenoxy) is 1. The Balaban J connectivity index is 1.78. The van der Waals surface area contributed by atoms with E-state index in [9.17, 15) is 4.79 Å². The molecule has 0 radical (unpaired) electrons. The quantitative estimate of drug-likeness (QED) is 0.811. The van der Waals surface area contributed by atoms with Crippen LogP contribution >= 0.6 is 0 Å². The molecular weight excluding hydrogens is 288 g/mol. The highest BCUT2D eigenvalue weighted by atomic mass is 16.5. The van der Waals surface area contributed by atoms with Gasteiger partial charge in [-0.2, -0.15) is 0 Å². The summed E-state index contributed by atoms with van der Waals surface area (Å²) in [5, 5.41) is 5.71. The van der Waals surface area contributed by atoms with Gasteiger partial charge in [0.25, 0.3) is 0 Å². The molecule has 0 aliphatic carbocycles. The van der Waals surface area contributed by atoms with Crippen LogP contribution in [0.5, 0.6) is 5.75 Å². The van der Waals surface area contributed by atoms with Gasteiger partial charge in [-0.1, -0.05) is 43.7 Å². The van der Waals surface area contributed by atoms with Crippen LogP contribution in [0.3, 0.4) is 0 Å². The minimum atomic E-state index is -0.192. The summed E-state index contributed by atoms with van der Waals surface area (Å²) >= 11 is 0. The first kappa shape index (κ1) is 16.9. The monoisotopic (exact) mass is 312 g/mol. The molecule has 4 heteroatoms. The van der Waals surface area contributed by atoms with E-state index in [1.807, 2.05) is 48.5 Å². The molecule has 2 rings (SSSR count). The van der Waals surface area contributed by atoms with Crippen LogP contribution < -0.4 is 15.4 Å². The van der Waals surface area contributed by atoms with Crippen molar-refractivity contribution in [2.75, 3.05) is 19.0 Å². The maximum absolute atomic E-state index is 11.9. The summed E-state index contributed by atoms with van der Waals surface area (Å²) in [4.78, 5) is 11.9. The van der Waals surface area contributed by atoms with Crippen molar-refractivity contribution in [2.24, 2.45) is 0 Å². The lowest BCUT2D eigenvalue weighted by atomic mass is 10.1. The van der Waals surface area contributed by atoms with Crippen LogP contribution in [0.2, 0.25) is 0 Å². The van der Waals surface area contributed by atoms with E-state index < -0.39 is 0 Å². The van der Waals surface area contributed by atoms with Crippen molar-refractivity contribution in [3.63, 3.8) is 0 Å². The molecule has 2 aromatic carbocycles. The Morgan fingerprint density at radius 1 is 1.04 bits per heavy atom. The molecule has 0 bridgehead atoms. The van der Waals surface area contributed by atoms with E-state index in [0.717, 1.165) is 36.3 Å². The van der Waals surface area contributed by atoms with Crippen molar-refractivity contribution >= 4 is 11.7 Å². The highest BCUT2D eigenvalue weighted by Gasteiger charge is 2.04. The molecule has 0 fully saturated rings. The van der Waals surface area contributed by atoms with Crippen LogP contribution in [0, 0.1) is 0 Å². The molecule has 0 saturated carbocycles. The molecule has 23 heavy (non-hydrogen) atoms. The number of hydrogen-bond acceptors (Lipinski definition) is 2.